The van der Waals surface area contributed by atoms with Crippen molar-refractivity contribution in [1.82, 2.24) is 20.4 Å². The number of hydrogen-bond acceptors (Lipinski definition) is 6. The van der Waals surface area contributed by atoms with Gasteiger partial charge in [0.15, 0.2) is 0 Å². The fourth-order valence-electron chi connectivity index (χ4n) is 1.52. The first-order chi connectivity index (χ1) is 10.6. The Hall–Kier alpha value is -3.16. The van der Waals surface area contributed by atoms with Gasteiger partial charge in [-0.2, -0.15) is 5.10 Å². The molecule has 2 rings (SSSR count). The molecule has 2 heterocycles. The smallest absolute Gasteiger partial charge is 0.291 e. The van der Waals surface area contributed by atoms with Gasteiger partial charge in [-0.25, -0.2) is 15.4 Å². The Morgan fingerprint density at radius 1 is 1.18 bits per heavy atom. The molecule has 0 atom stereocenters. The molecule has 22 heavy (non-hydrogen) atoms. The monoisotopic (exact) mass is 298 g/mol. The van der Waals surface area contributed by atoms with Crippen LogP contribution in [-0.2, 0) is 4.79 Å². The molecule has 0 aliphatic carbocycles. The van der Waals surface area contributed by atoms with E-state index < -0.39 is 5.91 Å². The number of carbonyl (C=O) groups excluding carboxylic acids is 2. The van der Waals surface area contributed by atoms with Crippen molar-refractivity contribution in [1.29, 1.82) is 0 Å². The topological polar surface area (TPSA) is 109 Å². The van der Waals surface area contributed by atoms with Gasteiger partial charge in [0.25, 0.3) is 5.91 Å². The summed E-state index contributed by atoms with van der Waals surface area (Å²) in [6.45, 7) is 1.63. The van der Waals surface area contributed by atoms with E-state index in [2.05, 4.69) is 30.8 Å². The van der Waals surface area contributed by atoms with Crippen LogP contribution < -0.4 is 10.7 Å². The van der Waals surface area contributed by atoms with Crippen LogP contribution in [0.2, 0.25) is 0 Å². The van der Waals surface area contributed by atoms with Crippen molar-refractivity contribution in [2.75, 3.05) is 5.32 Å². The second-order valence-electron chi connectivity index (χ2n) is 4.32. The number of hydrazone groups is 1. The van der Waals surface area contributed by atoms with Crippen molar-refractivity contribution in [3.63, 3.8) is 0 Å². The summed E-state index contributed by atoms with van der Waals surface area (Å²) in [6.07, 6.45) is 5.82. The SMILES string of the molecule is C/C(CC(=O)Nc1ccccn1)=N/NC(=O)c1cnccn1. The Bertz CT molecular complexity index is 672. The lowest BCUT2D eigenvalue weighted by Gasteiger charge is -2.04. The maximum absolute atomic E-state index is 11.8. The number of nitrogens with zero attached hydrogens (tertiary/aromatic N) is 4. The molecule has 0 aliphatic rings. The minimum atomic E-state index is -0.488. The van der Waals surface area contributed by atoms with Gasteiger partial charge in [-0.15, -0.1) is 0 Å². The van der Waals surface area contributed by atoms with E-state index in [1.807, 2.05) is 0 Å². The quantitative estimate of drug-likeness (QED) is 0.632. The third-order valence-electron chi connectivity index (χ3n) is 2.49. The molecule has 8 nitrogen and oxygen atoms in total. The van der Waals surface area contributed by atoms with Crippen molar-refractivity contribution < 1.29 is 9.59 Å². The molecule has 0 bridgehead atoms. The lowest BCUT2D eigenvalue weighted by Crippen LogP contribution is -2.22. The predicted octanol–water partition coefficient (Wildman–Crippen LogP) is 1.01. The normalized spacial score (nSPS) is 10.9. The van der Waals surface area contributed by atoms with Crippen LogP contribution in [0.4, 0.5) is 5.82 Å². The average Bonchev–Trinajstić information content (AvgIpc) is 2.54. The summed E-state index contributed by atoms with van der Waals surface area (Å²) in [5.74, 6) is -0.296. The van der Waals surface area contributed by atoms with Crippen LogP contribution in [0.1, 0.15) is 23.8 Å². The molecule has 2 aromatic rings. The van der Waals surface area contributed by atoms with Gasteiger partial charge < -0.3 is 5.32 Å². The van der Waals surface area contributed by atoms with Gasteiger partial charge in [0.05, 0.1) is 12.6 Å². The van der Waals surface area contributed by atoms with E-state index in [0.717, 1.165) is 0 Å². The Morgan fingerprint density at radius 3 is 2.73 bits per heavy atom. The van der Waals surface area contributed by atoms with Crippen molar-refractivity contribution >= 4 is 23.3 Å². The largest absolute Gasteiger partial charge is 0.310 e. The van der Waals surface area contributed by atoms with Crippen molar-refractivity contribution in [3.05, 3.63) is 48.7 Å². The summed E-state index contributed by atoms with van der Waals surface area (Å²) >= 11 is 0. The maximum Gasteiger partial charge on any atom is 0.291 e. The third-order valence-corrected chi connectivity index (χ3v) is 2.49. The minimum Gasteiger partial charge on any atom is -0.310 e. The summed E-state index contributed by atoms with van der Waals surface area (Å²) in [7, 11) is 0. The van der Waals surface area contributed by atoms with Gasteiger partial charge in [0, 0.05) is 24.3 Å². The number of amides is 2. The van der Waals surface area contributed by atoms with Gasteiger partial charge in [-0.05, 0) is 19.1 Å². The van der Waals surface area contributed by atoms with Crippen molar-refractivity contribution in [2.45, 2.75) is 13.3 Å². The number of pyridine rings is 1. The zero-order valence-corrected chi connectivity index (χ0v) is 11.9. The summed E-state index contributed by atoms with van der Waals surface area (Å²) in [4.78, 5) is 35.1. The van der Waals surface area contributed by atoms with Crippen LogP contribution in [0, 0.1) is 0 Å². The Morgan fingerprint density at radius 2 is 2.05 bits per heavy atom. The van der Waals surface area contributed by atoms with Gasteiger partial charge in [-0.3, -0.25) is 14.6 Å². The van der Waals surface area contributed by atoms with Crippen molar-refractivity contribution in [2.24, 2.45) is 5.10 Å². The van der Waals surface area contributed by atoms with Crippen LogP contribution in [0.15, 0.2) is 48.1 Å². The fourth-order valence-corrected chi connectivity index (χ4v) is 1.52. The third kappa shape index (κ3) is 4.75. The van der Waals surface area contributed by atoms with Crippen LogP contribution >= 0.6 is 0 Å². The first kappa shape index (κ1) is 15.2. The highest BCUT2D eigenvalue weighted by atomic mass is 16.2. The van der Waals surface area contributed by atoms with E-state index in [0.29, 0.717) is 11.5 Å². The van der Waals surface area contributed by atoms with Gasteiger partial charge in [0.2, 0.25) is 5.91 Å². The molecule has 2 aromatic heterocycles. The Labute approximate surface area is 126 Å². The van der Waals surface area contributed by atoms with E-state index in [1.54, 1.807) is 31.3 Å². The lowest BCUT2D eigenvalue weighted by atomic mass is 10.3. The molecule has 0 aromatic carbocycles. The number of nitrogens with one attached hydrogen (secondary N) is 2. The summed E-state index contributed by atoms with van der Waals surface area (Å²) < 4.78 is 0. The number of rotatable bonds is 5. The molecular weight excluding hydrogens is 284 g/mol. The second kappa shape index (κ2) is 7.58. The maximum atomic E-state index is 11.8. The van der Waals surface area contributed by atoms with Crippen LogP contribution in [0.3, 0.4) is 0 Å². The Balaban J connectivity index is 1.85. The van der Waals surface area contributed by atoms with Crippen LogP contribution in [-0.4, -0.2) is 32.5 Å². The van der Waals surface area contributed by atoms with Crippen LogP contribution in [0.25, 0.3) is 0 Å². The zero-order chi connectivity index (χ0) is 15.8. The number of hydrogen-bond donors (Lipinski definition) is 2. The summed E-state index contributed by atoms with van der Waals surface area (Å²) in [5.41, 5.74) is 2.92. The van der Waals surface area contributed by atoms with E-state index in [4.69, 9.17) is 0 Å². The first-order valence-electron chi connectivity index (χ1n) is 6.45. The number of aromatic nitrogens is 3. The molecule has 2 amide bonds. The Kier molecular flexibility index (Phi) is 5.25. The molecule has 0 fully saturated rings. The summed E-state index contributed by atoms with van der Waals surface area (Å²) in [5, 5.41) is 6.48. The van der Waals surface area contributed by atoms with Gasteiger partial charge in [-0.1, -0.05) is 6.07 Å². The minimum absolute atomic E-state index is 0.0390. The molecule has 8 heteroatoms. The van der Waals surface area contributed by atoms with E-state index in [-0.39, 0.29) is 18.0 Å². The molecule has 2 N–H and O–H groups in total. The molecule has 0 aliphatic heterocycles. The highest BCUT2D eigenvalue weighted by Crippen LogP contribution is 2.01. The molecule has 0 radical (unpaired) electrons. The van der Waals surface area contributed by atoms with E-state index >= 15 is 0 Å². The summed E-state index contributed by atoms with van der Waals surface area (Å²) in [6, 6.07) is 5.20. The first-order valence-corrected chi connectivity index (χ1v) is 6.45. The van der Waals surface area contributed by atoms with E-state index in [9.17, 15) is 9.59 Å². The molecule has 0 unspecified atom stereocenters. The molecular formula is C14H14N6O2. The molecule has 0 saturated heterocycles. The van der Waals surface area contributed by atoms with Crippen molar-refractivity contribution in [3.8, 4) is 0 Å². The standard InChI is InChI=1S/C14H14N6O2/c1-10(8-13(21)18-12-4-2-3-5-17-12)19-20-14(22)11-9-15-6-7-16-11/h2-7,9H,8H2,1H3,(H,20,22)(H,17,18,21)/b19-10-. The number of anilines is 1. The zero-order valence-electron chi connectivity index (χ0n) is 11.9. The second-order valence-corrected chi connectivity index (χ2v) is 4.32. The molecule has 0 spiro atoms. The fraction of sp³-hybridized carbons (Fsp3) is 0.143. The average molecular weight is 298 g/mol. The molecule has 112 valence electrons. The van der Waals surface area contributed by atoms with Crippen LogP contribution in [0.5, 0.6) is 0 Å². The van der Waals surface area contributed by atoms with Gasteiger partial charge >= 0.3 is 0 Å². The lowest BCUT2D eigenvalue weighted by molar-refractivity contribution is -0.115. The van der Waals surface area contributed by atoms with E-state index in [1.165, 1.54) is 18.6 Å². The van der Waals surface area contributed by atoms with Gasteiger partial charge in [0.1, 0.15) is 11.5 Å². The number of carbonyl (C=O) groups is 2. The molecule has 0 saturated carbocycles. The highest BCUT2D eigenvalue weighted by Gasteiger charge is 2.08. The highest BCUT2D eigenvalue weighted by molar-refractivity contribution is 6.05. The predicted molar refractivity (Wildman–Crippen MR) is 80.1 cm³/mol.